The predicted molar refractivity (Wildman–Crippen MR) is 69.9 cm³/mol. The molecule has 2 rings (SSSR count). The second-order valence-electron chi connectivity index (χ2n) is 5.17. The topological polar surface area (TPSA) is 24.5 Å². The maximum Gasteiger partial charge on any atom is 0.0707 e. The highest BCUT2D eigenvalue weighted by Gasteiger charge is 2.28. The van der Waals surface area contributed by atoms with Gasteiger partial charge in [-0.25, -0.2) is 0 Å². The van der Waals surface area contributed by atoms with Crippen LogP contribution < -0.4 is 5.32 Å². The quantitative estimate of drug-likeness (QED) is 0.673. The van der Waals surface area contributed by atoms with Crippen molar-refractivity contribution in [2.24, 2.45) is 0 Å². The molecule has 1 saturated carbocycles. The Kier molecular flexibility index (Phi) is 4.85. The fraction of sp³-hybridized carbons (Fsp3) is 0.857. The first kappa shape index (κ1) is 12.9. The van der Waals surface area contributed by atoms with Gasteiger partial charge in [-0.15, -0.1) is 6.42 Å². The number of hydrogen-bond donors (Lipinski definition) is 1. The third kappa shape index (κ3) is 4.31. The molecule has 2 aliphatic rings. The third-order valence-corrected chi connectivity index (χ3v) is 3.63. The molecule has 17 heavy (non-hydrogen) atoms. The van der Waals surface area contributed by atoms with E-state index in [4.69, 9.17) is 11.2 Å². The summed E-state index contributed by atoms with van der Waals surface area (Å²) in [4.78, 5) is 2.28. The smallest absolute Gasteiger partial charge is 0.0707 e. The van der Waals surface area contributed by atoms with Gasteiger partial charge in [-0.3, -0.25) is 4.90 Å². The normalized spacial score (nSPS) is 28.5. The fourth-order valence-corrected chi connectivity index (χ4v) is 2.37. The highest BCUT2D eigenvalue weighted by Crippen LogP contribution is 2.23. The molecule has 0 radical (unpaired) electrons. The van der Waals surface area contributed by atoms with Crippen molar-refractivity contribution in [3.05, 3.63) is 0 Å². The molecule has 0 aromatic rings. The van der Waals surface area contributed by atoms with Crippen molar-refractivity contribution in [2.75, 3.05) is 26.2 Å². The summed E-state index contributed by atoms with van der Waals surface area (Å²) in [6.07, 6.45) is 11.2. The van der Waals surface area contributed by atoms with E-state index >= 15 is 0 Å². The molecule has 0 aromatic carbocycles. The molecule has 0 spiro atoms. The summed E-state index contributed by atoms with van der Waals surface area (Å²) in [5.41, 5.74) is 0. The van der Waals surface area contributed by atoms with Crippen molar-refractivity contribution >= 4 is 0 Å². The van der Waals surface area contributed by atoms with Gasteiger partial charge in [0.1, 0.15) is 0 Å². The minimum absolute atomic E-state index is 0.384. The van der Waals surface area contributed by atoms with Crippen molar-refractivity contribution in [2.45, 2.75) is 50.9 Å². The molecule has 2 atom stereocenters. The molecule has 1 N–H and O–H groups in total. The molecular formula is C14H24N2O. The first-order valence-corrected chi connectivity index (χ1v) is 6.86. The van der Waals surface area contributed by atoms with Crippen LogP contribution in [-0.4, -0.2) is 49.3 Å². The van der Waals surface area contributed by atoms with E-state index < -0.39 is 0 Å². The van der Waals surface area contributed by atoms with Crippen LogP contribution in [0.5, 0.6) is 0 Å². The highest BCUT2D eigenvalue weighted by molar-refractivity contribution is 4.89. The molecule has 2 unspecified atom stereocenters. The lowest BCUT2D eigenvalue weighted by molar-refractivity contribution is 0.0264. The Labute approximate surface area is 105 Å². The first-order chi connectivity index (χ1) is 8.31. The van der Waals surface area contributed by atoms with Gasteiger partial charge in [-0.2, -0.15) is 0 Å². The van der Waals surface area contributed by atoms with Gasteiger partial charge in [0.15, 0.2) is 0 Å². The van der Waals surface area contributed by atoms with E-state index in [1.54, 1.807) is 0 Å². The van der Waals surface area contributed by atoms with Gasteiger partial charge >= 0.3 is 0 Å². The number of hydrogen-bond acceptors (Lipinski definition) is 3. The maximum atomic E-state index is 6.05. The third-order valence-electron chi connectivity index (χ3n) is 3.63. The summed E-state index contributed by atoms with van der Waals surface area (Å²) < 4.78 is 6.05. The second-order valence-corrected chi connectivity index (χ2v) is 5.17. The van der Waals surface area contributed by atoms with E-state index in [1.807, 2.05) is 0 Å². The van der Waals surface area contributed by atoms with Gasteiger partial charge in [-0.05, 0) is 32.2 Å². The monoisotopic (exact) mass is 236 g/mol. The van der Waals surface area contributed by atoms with Crippen molar-refractivity contribution in [3.8, 4) is 12.3 Å². The van der Waals surface area contributed by atoms with Gasteiger partial charge in [0.05, 0.1) is 18.8 Å². The van der Waals surface area contributed by atoms with E-state index in [0.29, 0.717) is 12.2 Å². The zero-order chi connectivity index (χ0) is 12.1. The average Bonchev–Trinajstić information content (AvgIpc) is 3.06. The molecule has 1 aliphatic carbocycles. The Morgan fingerprint density at radius 2 is 2.06 bits per heavy atom. The maximum absolute atomic E-state index is 6.05. The van der Waals surface area contributed by atoms with Gasteiger partial charge in [0.25, 0.3) is 0 Å². The van der Waals surface area contributed by atoms with Crippen molar-refractivity contribution in [1.29, 1.82) is 0 Å². The van der Waals surface area contributed by atoms with E-state index in [9.17, 15) is 0 Å². The summed E-state index contributed by atoms with van der Waals surface area (Å²) in [5.74, 6) is 2.71. The molecule has 3 heteroatoms. The summed E-state index contributed by atoms with van der Waals surface area (Å²) >= 11 is 0. The Bertz CT molecular complexity index is 270. The minimum atomic E-state index is 0.384. The van der Waals surface area contributed by atoms with Crippen molar-refractivity contribution in [1.82, 2.24) is 10.2 Å². The number of rotatable bonds is 7. The summed E-state index contributed by atoms with van der Waals surface area (Å²) in [5, 5.41) is 3.54. The van der Waals surface area contributed by atoms with Crippen LogP contribution in [0.3, 0.4) is 0 Å². The lowest BCUT2D eigenvalue weighted by Gasteiger charge is -2.22. The Morgan fingerprint density at radius 3 is 2.71 bits per heavy atom. The van der Waals surface area contributed by atoms with Crippen LogP contribution in [-0.2, 0) is 4.74 Å². The van der Waals surface area contributed by atoms with E-state index in [0.717, 1.165) is 32.2 Å². The van der Waals surface area contributed by atoms with Crippen LogP contribution in [0.1, 0.15) is 32.6 Å². The second kappa shape index (κ2) is 6.39. The van der Waals surface area contributed by atoms with Gasteiger partial charge in [0, 0.05) is 19.1 Å². The van der Waals surface area contributed by atoms with E-state index in [-0.39, 0.29) is 0 Å². The molecular weight excluding hydrogens is 212 g/mol. The van der Waals surface area contributed by atoms with Crippen molar-refractivity contribution in [3.63, 3.8) is 0 Å². The number of nitrogens with zero attached hydrogens (tertiary/aromatic N) is 1. The molecule has 0 bridgehead atoms. The molecule has 96 valence electrons. The van der Waals surface area contributed by atoms with E-state index in [1.165, 1.54) is 25.7 Å². The predicted octanol–water partition coefficient (Wildman–Crippen LogP) is 1.24. The Hall–Kier alpha value is -0.560. The Morgan fingerprint density at radius 1 is 1.29 bits per heavy atom. The molecule has 1 heterocycles. The van der Waals surface area contributed by atoms with Gasteiger partial charge < -0.3 is 10.1 Å². The van der Waals surface area contributed by atoms with Gasteiger partial charge in [-0.1, -0.05) is 12.8 Å². The van der Waals surface area contributed by atoms with Crippen LogP contribution in [0.2, 0.25) is 0 Å². The van der Waals surface area contributed by atoms with Gasteiger partial charge in [0.2, 0.25) is 0 Å². The largest absolute Gasteiger partial charge is 0.372 e. The lowest BCUT2D eigenvalue weighted by Crippen LogP contribution is -2.34. The van der Waals surface area contributed by atoms with Crippen LogP contribution in [0, 0.1) is 12.3 Å². The molecule has 0 aromatic heterocycles. The summed E-state index contributed by atoms with van der Waals surface area (Å²) in [6.45, 7) is 5.91. The van der Waals surface area contributed by atoms with Crippen LogP contribution in [0.25, 0.3) is 0 Å². The number of nitrogens with one attached hydrogen (secondary N) is 1. The number of ether oxygens (including phenoxy) is 1. The molecule has 2 fully saturated rings. The summed E-state index contributed by atoms with van der Waals surface area (Å²) in [6, 6.07) is 0.784. The zero-order valence-electron chi connectivity index (χ0n) is 10.8. The molecule has 0 amide bonds. The first-order valence-electron chi connectivity index (χ1n) is 6.86. The standard InChI is InChI=1S/C14H24N2O/c1-3-9-16(4-2)11-14-8-7-13(17-14)10-15-12-5-6-12/h1,12-15H,4-11H2,2H3. The van der Waals surface area contributed by atoms with E-state index in [2.05, 4.69) is 23.1 Å². The molecule has 1 aliphatic heterocycles. The average molecular weight is 236 g/mol. The lowest BCUT2D eigenvalue weighted by atomic mass is 10.2. The highest BCUT2D eigenvalue weighted by atomic mass is 16.5. The number of likely N-dealkylation sites (N-methyl/N-ethyl adjacent to an activating group) is 1. The zero-order valence-corrected chi connectivity index (χ0v) is 10.8. The Balaban J connectivity index is 1.63. The number of terminal acetylenes is 1. The van der Waals surface area contributed by atoms with Crippen molar-refractivity contribution < 1.29 is 4.74 Å². The molecule has 1 saturated heterocycles. The molecule has 3 nitrogen and oxygen atoms in total. The minimum Gasteiger partial charge on any atom is -0.372 e. The van der Waals surface area contributed by atoms with Crippen LogP contribution >= 0.6 is 0 Å². The fourth-order valence-electron chi connectivity index (χ4n) is 2.37. The van der Waals surface area contributed by atoms with Crippen LogP contribution in [0.15, 0.2) is 0 Å². The summed E-state index contributed by atoms with van der Waals surface area (Å²) in [7, 11) is 0. The van der Waals surface area contributed by atoms with Crippen LogP contribution in [0.4, 0.5) is 0 Å². The SMILES string of the molecule is C#CCN(CC)CC1CCC(CNC2CC2)O1.